The summed E-state index contributed by atoms with van der Waals surface area (Å²) < 4.78 is 7.46. The number of methoxy groups -OCH3 is 1. The predicted octanol–water partition coefficient (Wildman–Crippen LogP) is 6.30. The molecule has 0 saturated heterocycles. The van der Waals surface area contributed by atoms with Gasteiger partial charge in [-0.05, 0) is 48.9 Å². The summed E-state index contributed by atoms with van der Waals surface area (Å²) in [6.45, 7) is 1.92. The van der Waals surface area contributed by atoms with E-state index in [9.17, 15) is 4.79 Å². The van der Waals surface area contributed by atoms with E-state index in [1.54, 1.807) is 24.5 Å². The van der Waals surface area contributed by atoms with E-state index in [0.29, 0.717) is 17.0 Å². The third-order valence-corrected chi connectivity index (χ3v) is 5.98. The molecule has 1 aromatic heterocycles. The van der Waals surface area contributed by atoms with Gasteiger partial charge in [-0.3, -0.25) is 4.79 Å². The number of aromatic nitrogens is 1. The van der Waals surface area contributed by atoms with Crippen LogP contribution in [0.2, 0.25) is 0 Å². The van der Waals surface area contributed by atoms with E-state index < -0.39 is 0 Å². The van der Waals surface area contributed by atoms with Gasteiger partial charge in [-0.15, -0.1) is 11.3 Å². The van der Waals surface area contributed by atoms with Crippen LogP contribution < -0.4 is 10.1 Å². The maximum Gasteiger partial charge on any atom is 0.259 e. The van der Waals surface area contributed by atoms with E-state index in [1.807, 2.05) is 61.5 Å². The number of aryl methyl sites for hydroxylation is 1. The van der Waals surface area contributed by atoms with E-state index >= 15 is 0 Å². The van der Waals surface area contributed by atoms with Gasteiger partial charge in [0.25, 0.3) is 5.91 Å². The summed E-state index contributed by atoms with van der Waals surface area (Å²) in [6, 6.07) is 19.3. The van der Waals surface area contributed by atoms with Crippen molar-refractivity contribution >= 4 is 49.1 Å². The second kappa shape index (κ2) is 7.73. The largest absolute Gasteiger partial charge is 0.496 e. The molecular formula is C22H17BrN2O2S. The third-order valence-electron chi connectivity index (χ3n) is 4.41. The van der Waals surface area contributed by atoms with E-state index in [2.05, 4.69) is 21.2 Å². The van der Waals surface area contributed by atoms with Crippen LogP contribution in [0.1, 0.15) is 15.9 Å². The molecule has 6 heteroatoms. The maximum absolute atomic E-state index is 13.0. The van der Waals surface area contributed by atoms with E-state index in [-0.39, 0.29) is 5.91 Å². The highest BCUT2D eigenvalue weighted by atomic mass is 79.9. The Labute approximate surface area is 175 Å². The fourth-order valence-electron chi connectivity index (χ4n) is 3.08. The number of fused-ring (bicyclic) bond motifs is 1. The molecule has 4 rings (SSSR count). The zero-order valence-electron chi connectivity index (χ0n) is 15.3. The van der Waals surface area contributed by atoms with Gasteiger partial charge >= 0.3 is 0 Å². The van der Waals surface area contributed by atoms with Crippen LogP contribution in [0.3, 0.4) is 0 Å². The number of nitrogens with one attached hydrogen (secondary N) is 1. The number of thiazole rings is 1. The van der Waals surface area contributed by atoms with Crippen molar-refractivity contribution in [3.8, 4) is 16.3 Å². The molecule has 1 heterocycles. The molecule has 4 aromatic rings. The highest BCUT2D eigenvalue weighted by molar-refractivity contribution is 9.10. The van der Waals surface area contributed by atoms with Crippen molar-refractivity contribution in [3.63, 3.8) is 0 Å². The molecule has 0 fully saturated rings. The van der Waals surface area contributed by atoms with Gasteiger partial charge in [0.1, 0.15) is 10.8 Å². The SMILES string of the molecule is COc1c(C)cccc1C(=O)Nc1ccc(Br)cc1-c1nc2ccccc2s1. The zero-order valence-corrected chi connectivity index (χ0v) is 17.7. The number of ether oxygens (including phenoxy) is 1. The average molecular weight is 453 g/mol. The minimum atomic E-state index is -0.217. The van der Waals surface area contributed by atoms with Gasteiger partial charge in [0.15, 0.2) is 0 Å². The standard InChI is InChI=1S/C22H17BrN2O2S/c1-13-6-5-7-15(20(13)27-2)21(26)24-17-11-10-14(23)12-16(17)22-25-18-8-3-4-9-19(18)28-22/h3-12H,1-2H3,(H,24,26). The Bertz CT molecular complexity index is 1150. The molecule has 28 heavy (non-hydrogen) atoms. The number of halogens is 1. The third kappa shape index (κ3) is 3.53. The fraction of sp³-hybridized carbons (Fsp3) is 0.0909. The number of carbonyl (C=O) groups excluding carboxylic acids is 1. The van der Waals surface area contributed by atoms with Crippen LogP contribution in [-0.4, -0.2) is 18.0 Å². The first-order valence-electron chi connectivity index (χ1n) is 8.67. The molecular weight excluding hydrogens is 436 g/mol. The van der Waals surface area contributed by atoms with Gasteiger partial charge in [-0.25, -0.2) is 4.98 Å². The summed E-state index contributed by atoms with van der Waals surface area (Å²) in [5.74, 6) is 0.365. The number of amides is 1. The van der Waals surface area contributed by atoms with E-state index in [0.717, 1.165) is 30.8 Å². The lowest BCUT2D eigenvalue weighted by Gasteiger charge is -2.13. The van der Waals surface area contributed by atoms with Gasteiger partial charge in [-0.2, -0.15) is 0 Å². The van der Waals surface area contributed by atoms with Gasteiger partial charge in [0, 0.05) is 10.0 Å². The first-order valence-corrected chi connectivity index (χ1v) is 10.3. The minimum Gasteiger partial charge on any atom is -0.496 e. The molecule has 0 aliphatic heterocycles. The van der Waals surface area contributed by atoms with Crippen molar-refractivity contribution in [2.75, 3.05) is 12.4 Å². The Morgan fingerprint density at radius 1 is 1.11 bits per heavy atom. The average Bonchev–Trinajstić information content (AvgIpc) is 3.13. The van der Waals surface area contributed by atoms with Crippen LogP contribution >= 0.6 is 27.3 Å². The number of anilines is 1. The lowest BCUT2D eigenvalue weighted by atomic mass is 10.1. The first kappa shape index (κ1) is 18.7. The minimum absolute atomic E-state index is 0.217. The van der Waals surface area contributed by atoms with Gasteiger partial charge < -0.3 is 10.1 Å². The van der Waals surface area contributed by atoms with Crippen molar-refractivity contribution in [3.05, 3.63) is 76.3 Å². The Kier molecular flexibility index (Phi) is 5.15. The van der Waals surface area contributed by atoms with Crippen LogP contribution in [0.5, 0.6) is 5.75 Å². The van der Waals surface area contributed by atoms with Crippen molar-refractivity contribution in [2.45, 2.75) is 6.92 Å². The normalized spacial score (nSPS) is 10.8. The van der Waals surface area contributed by atoms with Gasteiger partial charge in [0.2, 0.25) is 0 Å². The van der Waals surface area contributed by atoms with Crippen LogP contribution in [0.4, 0.5) is 5.69 Å². The van der Waals surface area contributed by atoms with Crippen molar-refractivity contribution in [1.82, 2.24) is 4.98 Å². The van der Waals surface area contributed by atoms with Crippen molar-refractivity contribution < 1.29 is 9.53 Å². The summed E-state index contributed by atoms with van der Waals surface area (Å²) in [7, 11) is 1.57. The second-order valence-electron chi connectivity index (χ2n) is 6.29. The Morgan fingerprint density at radius 2 is 1.93 bits per heavy atom. The highest BCUT2D eigenvalue weighted by Crippen LogP contribution is 2.36. The van der Waals surface area contributed by atoms with Crippen LogP contribution in [0.25, 0.3) is 20.8 Å². The Hall–Kier alpha value is -2.70. The monoisotopic (exact) mass is 452 g/mol. The number of carbonyl (C=O) groups is 1. The molecule has 0 aliphatic rings. The summed E-state index contributed by atoms with van der Waals surface area (Å²) in [6.07, 6.45) is 0. The number of hydrogen-bond acceptors (Lipinski definition) is 4. The molecule has 0 spiro atoms. The number of para-hydroxylation sites is 2. The van der Waals surface area contributed by atoms with Crippen LogP contribution in [-0.2, 0) is 0 Å². The molecule has 0 saturated carbocycles. The molecule has 0 unspecified atom stereocenters. The Balaban J connectivity index is 1.75. The van der Waals surface area contributed by atoms with Crippen LogP contribution in [0.15, 0.2) is 65.1 Å². The fourth-order valence-corrected chi connectivity index (χ4v) is 4.44. The maximum atomic E-state index is 13.0. The quantitative estimate of drug-likeness (QED) is 0.395. The zero-order chi connectivity index (χ0) is 19.7. The van der Waals surface area contributed by atoms with E-state index in [4.69, 9.17) is 9.72 Å². The Morgan fingerprint density at radius 3 is 2.71 bits per heavy atom. The van der Waals surface area contributed by atoms with Gasteiger partial charge in [-0.1, -0.05) is 40.2 Å². The molecule has 0 bridgehead atoms. The molecule has 4 nitrogen and oxygen atoms in total. The van der Waals surface area contributed by atoms with Crippen molar-refractivity contribution in [1.29, 1.82) is 0 Å². The number of nitrogens with zero attached hydrogens (tertiary/aromatic N) is 1. The first-order chi connectivity index (χ1) is 13.6. The molecule has 1 amide bonds. The smallest absolute Gasteiger partial charge is 0.259 e. The molecule has 3 aromatic carbocycles. The van der Waals surface area contributed by atoms with Gasteiger partial charge in [0.05, 0.1) is 28.6 Å². The number of benzene rings is 3. The lowest BCUT2D eigenvalue weighted by Crippen LogP contribution is -2.14. The summed E-state index contributed by atoms with van der Waals surface area (Å²) in [4.78, 5) is 17.7. The highest BCUT2D eigenvalue weighted by Gasteiger charge is 2.17. The second-order valence-corrected chi connectivity index (χ2v) is 8.23. The predicted molar refractivity (Wildman–Crippen MR) is 118 cm³/mol. The molecule has 0 aliphatic carbocycles. The number of hydrogen-bond donors (Lipinski definition) is 1. The molecule has 0 radical (unpaired) electrons. The van der Waals surface area contributed by atoms with Crippen LogP contribution in [0, 0.1) is 6.92 Å². The lowest BCUT2D eigenvalue weighted by molar-refractivity contribution is 0.102. The summed E-state index contributed by atoms with van der Waals surface area (Å²) in [5, 5.41) is 3.88. The van der Waals surface area contributed by atoms with E-state index in [1.165, 1.54) is 0 Å². The summed E-state index contributed by atoms with van der Waals surface area (Å²) in [5.41, 5.74) is 3.93. The topological polar surface area (TPSA) is 51.2 Å². The molecule has 140 valence electrons. The summed E-state index contributed by atoms with van der Waals surface area (Å²) >= 11 is 5.12. The molecule has 1 N–H and O–H groups in total. The number of rotatable bonds is 4. The molecule has 0 atom stereocenters. The van der Waals surface area contributed by atoms with Crippen molar-refractivity contribution in [2.24, 2.45) is 0 Å².